The molecule has 0 radical (unpaired) electrons. The second-order valence-corrected chi connectivity index (χ2v) is 8.24. The van der Waals surface area contributed by atoms with Crippen molar-refractivity contribution in [2.24, 2.45) is 0 Å². The molecule has 158 valence electrons. The Morgan fingerprint density at radius 1 is 0.967 bits per heavy atom. The summed E-state index contributed by atoms with van der Waals surface area (Å²) in [6.07, 6.45) is 2.41. The third-order valence-electron chi connectivity index (χ3n) is 3.55. The highest BCUT2D eigenvalue weighted by atomic mass is 79.9. The molecule has 0 spiro atoms. The first kappa shape index (κ1) is 23.2. The Balaban J connectivity index is 1.93. The predicted octanol–water partition coefficient (Wildman–Crippen LogP) is 4.56. The molecule has 0 aromatic heterocycles. The number of carbonyl (C=O) groups is 3. The number of hydrogen-bond donors (Lipinski definition) is 3. The summed E-state index contributed by atoms with van der Waals surface area (Å²) in [5, 5.41) is 7.78. The van der Waals surface area contributed by atoms with E-state index in [9.17, 15) is 14.4 Å². The minimum Gasteiger partial charge on any atom is -0.444 e. The zero-order valence-electron chi connectivity index (χ0n) is 17.0. The van der Waals surface area contributed by atoms with Gasteiger partial charge in [-0.1, -0.05) is 40.2 Å². The Morgan fingerprint density at radius 3 is 2.17 bits per heavy atom. The fourth-order valence-electron chi connectivity index (χ4n) is 2.28. The molecule has 8 heteroatoms. The number of alkyl carbamates (subject to hydrolysis) is 1. The maximum absolute atomic E-state index is 12.2. The molecule has 0 saturated heterocycles. The lowest BCUT2D eigenvalue weighted by molar-refractivity contribution is -0.115. The molecule has 0 fully saturated rings. The SMILES string of the molecule is CC(C)(C)OC(=O)NCC(=O)Nc1ccccc1NC(=O)/C=C/c1ccc(Br)cc1. The van der Waals surface area contributed by atoms with Crippen LogP contribution in [0.2, 0.25) is 0 Å². The topological polar surface area (TPSA) is 96.5 Å². The van der Waals surface area contributed by atoms with Gasteiger partial charge < -0.3 is 20.7 Å². The van der Waals surface area contributed by atoms with Crippen LogP contribution in [-0.4, -0.2) is 30.1 Å². The average molecular weight is 474 g/mol. The van der Waals surface area contributed by atoms with E-state index in [1.807, 2.05) is 24.3 Å². The molecule has 3 amide bonds. The fraction of sp³-hybridized carbons (Fsp3) is 0.227. The molecule has 30 heavy (non-hydrogen) atoms. The second kappa shape index (κ2) is 10.6. The number of ether oxygens (including phenoxy) is 1. The van der Waals surface area contributed by atoms with Crippen molar-refractivity contribution in [2.45, 2.75) is 26.4 Å². The zero-order chi connectivity index (χ0) is 22.1. The molecule has 0 aliphatic rings. The number of anilines is 2. The summed E-state index contributed by atoms with van der Waals surface area (Å²) in [5.74, 6) is -0.792. The van der Waals surface area contributed by atoms with Gasteiger partial charge in [-0.2, -0.15) is 0 Å². The van der Waals surface area contributed by atoms with Gasteiger partial charge in [0.15, 0.2) is 0 Å². The molecule has 0 atom stereocenters. The number of nitrogens with one attached hydrogen (secondary N) is 3. The van der Waals surface area contributed by atoms with E-state index in [1.165, 1.54) is 6.08 Å². The van der Waals surface area contributed by atoms with Crippen molar-refractivity contribution < 1.29 is 19.1 Å². The van der Waals surface area contributed by atoms with Gasteiger partial charge in [-0.25, -0.2) is 4.79 Å². The van der Waals surface area contributed by atoms with Crippen LogP contribution in [0.3, 0.4) is 0 Å². The molecule has 0 bridgehead atoms. The molecule has 2 rings (SSSR count). The largest absolute Gasteiger partial charge is 0.444 e. The Kier molecular flexibility index (Phi) is 8.17. The number of carbonyl (C=O) groups excluding carboxylic acids is 3. The van der Waals surface area contributed by atoms with Gasteiger partial charge in [-0.3, -0.25) is 9.59 Å². The van der Waals surface area contributed by atoms with Gasteiger partial charge in [0.05, 0.1) is 11.4 Å². The van der Waals surface area contributed by atoms with E-state index in [4.69, 9.17) is 4.74 Å². The third kappa shape index (κ3) is 8.48. The summed E-state index contributed by atoms with van der Waals surface area (Å²) in [7, 11) is 0. The second-order valence-electron chi connectivity index (χ2n) is 7.32. The number of hydrogen-bond acceptors (Lipinski definition) is 4. The van der Waals surface area contributed by atoms with Crippen LogP contribution < -0.4 is 16.0 Å². The summed E-state index contributed by atoms with van der Waals surface area (Å²) < 4.78 is 6.04. The molecule has 0 aliphatic carbocycles. The minimum absolute atomic E-state index is 0.263. The van der Waals surface area contributed by atoms with E-state index < -0.39 is 17.6 Å². The highest BCUT2D eigenvalue weighted by molar-refractivity contribution is 9.10. The van der Waals surface area contributed by atoms with Crippen molar-refractivity contribution in [1.82, 2.24) is 5.32 Å². The van der Waals surface area contributed by atoms with E-state index in [0.29, 0.717) is 11.4 Å². The van der Waals surface area contributed by atoms with Gasteiger partial charge in [0.2, 0.25) is 11.8 Å². The maximum Gasteiger partial charge on any atom is 0.408 e. The van der Waals surface area contributed by atoms with Crippen molar-refractivity contribution in [2.75, 3.05) is 17.2 Å². The van der Waals surface area contributed by atoms with Gasteiger partial charge in [-0.15, -0.1) is 0 Å². The van der Waals surface area contributed by atoms with Crippen molar-refractivity contribution in [3.05, 3.63) is 64.6 Å². The molecule has 2 aromatic carbocycles. The number of halogens is 1. The number of amides is 3. The van der Waals surface area contributed by atoms with E-state index in [2.05, 4.69) is 31.9 Å². The molecule has 7 nitrogen and oxygen atoms in total. The maximum atomic E-state index is 12.2. The first-order chi connectivity index (χ1) is 14.1. The molecule has 0 aliphatic heterocycles. The monoisotopic (exact) mass is 473 g/mol. The molecule has 0 unspecified atom stereocenters. The van der Waals surface area contributed by atoms with Gasteiger partial charge in [0.25, 0.3) is 0 Å². The molecule has 0 heterocycles. The van der Waals surface area contributed by atoms with Crippen LogP contribution in [0, 0.1) is 0 Å². The summed E-state index contributed by atoms with van der Waals surface area (Å²) >= 11 is 3.36. The van der Waals surface area contributed by atoms with Crippen molar-refractivity contribution in [3.8, 4) is 0 Å². The zero-order valence-corrected chi connectivity index (χ0v) is 18.6. The number of para-hydroxylation sites is 2. The Bertz CT molecular complexity index is 934. The summed E-state index contributed by atoms with van der Waals surface area (Å²) in [5.41, 5.74) is 1.08. The Morgan fingerprint density at radius 2 is 1.57 bits per heavy atom. The minimum atomic E-state index is -0.683. The average Bonchev–Trinajstić information content (AvgIpc) is 2.66. The van der Waals surface area contributed by atoms with Crippen LogP contribution in [0.5, 0.6) is 0 Å². The summed E-state index contributed by atoms with van der Waals surface area (Å²) in [6, 6.07) is 14.3. The van der Waals surface area contributed by atoms with Crippen LogP contribution in [0.25, 0.3) is 6.08 Å². The predicted molar refractivity (Wildman–Crippen MR) is 121 cm³/mol. The van der Waals surface area contributed by atoms with Gasteiger partial charge in [-0.05, 0) is 56.7 Å². The number of benzene rings is 2. The normalized spacial score (nSPS) is 11.1. The van der Waals surface area contributed by atoms with E-state index in [0.717, 1.165) is 10.0 Å². The van der Waals surface area contributed by atoms with Crippen molar-refractivity contribution in [3.63, 3.8) is 0 Å². The van der Waals surface area contributed by atoms with Gasteiger partial charge >= 0.3 is 6.09 Å². The van der Waals surface area contributed by atoms with E-state index >= 15 is 0 Å². The lowest BCUT2D eigenvalue weighted by atomic mass is 10.2. The quantitative estimate of drug-likeness (QED) is 0.535. The lowest BCUT2D eigenvalue weighted by Gasteiger charge is -2.19. The molecule has 0 saturated carbocycles. The first-order valence-corrected chi connectivity index (χ1v) is 10.0. The van der Waals surface area contributed by atoms with Gasteiger partial charge in [0.1, 0.15) is 12.1 Å². The van der Waals surface area contributed by atoms with E-state index in [-0.39, 0.29) is 12.5 Å². The standard InChI is InChI=1S/C22H24BrN3O4/c1-22(2,3)30-21(29)24-14-20(28)26-18-7-5-4-6-17(18)25-19(27)13-10-15-8-11-16(23)12-9-15/h4-13H,14H2,1-3H3,(H,24,29)(H,25,27)(H,26,28)/b13-10+. The van der Waals surface area contributed by atoms with Crippen LogP contribution in [0.1, 0.15) is 26.3 Å². The van der Waals surface area contributed by atoms with Crippen LogP contribution in [0.15, 0.2) is 59.1 Å². The molecule has 3 N–H and O–H groups in total. The highest BCUT2D eigenvalue weighted by Gasteiger charge is 2.17. The highest BCUT2D eigenvalue weighted by Crippen LogP contribution is 2.21. The fourth-order valence-corrected chi connectivity index (χ4v) is 2.55. The Hall–Kier alpha value is -3.13. The lowest BCUT2D eigenvalue weighted by Crippen LogP contribution is -2.37. The third-order valence-corrected chi connectivity index (χ3v) is 4.08. The summed E-state index contributed by atoms with van der Waals surface area (Å²) in [4.78, 5) is 36.0. The molecular weight excluding hydrogens is 450 g/mol. The van der Waals surface area contributed by atoms with Crippen molar-refractivity contribution in [1.29, 1.82) is 0 Å². The first-order valence-electron chi connectivity index (χ1n) is 9.23. The van der Waals surface area contributed by atoms with Crippen LogP contribution >= 0.6 is 15.9 Å². The summed E-state index contributed by atoms with van der Waals surface area (Å²) in [6.45, 7) is 4.94. The van der Waals surface area contributed by atoms with Gasteiger partial charge in [0, 0.05) is 10.5 Å². The van der Waals surface area contributed by atoms with Crippen LogP contribution in [0.4, 0.5) is 16.2 Å². The Labute approximate surface area is 184 Å². The van der Waals surface area contributed by atoms with Crippen molar-refractivity contribution >= 4 is 51.3 Å². The van der Waals surface area contributed by atoms with E-state index in [1.54, 1.807) is 51.1 Å². The molecular formula is C22H24BrN3O4. The number of rotatable bonds is 6. The van der Waals surface area contributed by atoms with Crippen LogP contribution in [-0.2, 0) is 14.3 Å². The molecule has 2 aromatic rings. The smallest absolute Gasteiger partial charge is 0.408 e.